The van der Waals surface area contributed by atoms with E-state index < -0.39 is 0 Å². The van der Waals surface area contributed by atoms with Gasteiger partial charge in [-0.25, -0.2) is 5.43 Å². The van der Waals surface area contributed by atoms with Gasteiger partial charge in [-0.1, -0.05) is 15.9 Å². The van der Waals surface area contributed by atoms with Crippen LogP contribution in [-0.4, -0.2) is 23.8 Å². The van der Waals surface area contributed by atoms with Crippen LogP contribution in [0.1, 0.15) is 5.56 Å². The monoisotopic (exact) mass is 474 g/mol. The molecule has 2 aromatic rings. The van der Waals surface area contributed by atoms with E-state index in [-0.39, 0.29) is 18.3 Å². The fourth-order valence-corrected chi connectivity index (χ4v) is 2.25. The summed E-state index contributed by atoms with van der Waals surface area (Å²) in [5, 5.41) is 13.4. The number of carbonyl (C=O) groups is 1. The number of phenols is 1. The molecule has 0 aromatic heterocycles. The topological polar surface area (TPSA) is 70.9 Å². The Morgan fingerprint density at radius 3 is 2.77 bits per heavy atom. The molecule has 0 radical (unpaired) electrons. The number of halogens is 2. The Balaban J connectivity index is 1.83. The van der Waals surface area contributed by atoms with Crippen LogP contribution in [0, 0.1) is 3.57 Å². The Bertz CT molecular complexity index is 690. The first-order valence-corrected chi connectivity index (χ1v) is 8.10. The highest BCUT2D eigenvalue weighted by Gasteiger charge is 2.02. The van der Waals surface area contributed by atoms with Gasteiger partial charge in [0.1, 0.15) is 11.5 Å². The first kappa shape index (κ1) is 16.8. The third kappa shape index (κ3) is 5.30. The summed E-state index contributed by atoms with van der Waals surface area (Å²) in [6, 6.07) is 12.3. The molecule has 0 saturated carbocycles. The molecule has 1 amide bonds. The second-order valence-corrected chi connectivity index (χ2v) is 6.40. The standard InChI is InChI=1S/C15H12BrIN2O3/c16-11-1-6-14(20)10(7-11)8-18-19-15(21)9-22-13-4-2-12(17)3-5-13/h1-8,20H,9H2,(H,19,21)/b18-8+. The normalized spacial score (nSPS) is 10.6. The van der Waals surface area contributed by atoms with Crippen molar-refractivity contribution in [3.8, 4) is 11.5 Å². The predicted molar refractivity (Wildman–Crippen MR) is 96.2 cm³/mol. The zero-order chi connectivity index (χ0) is 15.9. The van der Waals surface area contributed by atoms with Gasteiger partial charge in [-0.2, -0.15) is 5.10 Å². The highest BCUT2D eigenvalue weighted by molar-refractivity contribution is 14.1. The number of phenolic OH excluding ortho intramolecular Hbond substituents is 1. The summed E-state index contributed by atoms with van der Waals surface area (Å²) in [6.45, 7) is -0.137. The summed E-state index contributed by atoms with van der Waals surface area (Å²) in [5.74, 6) is 0.310. The molecule has 0 unspecified atom stereocenters. The molecule has 0 spiro atoms. The summed E-state index contributed by atoms with van der Waals surface area (Å²) < 4.78 is 7.22. The van der Waals surface area contributed by atoms with Crippen LogP contribution in [0.4, 0.5) is 0 Å². The zero-order valence-corrected chi connectivity index (χ0v) is 15.0. The van der Waals surface area contributed by atoms with Crippen LogP contribution in [0.5, 0.6) is 11.5 Å². The van der Waals surface area contributed by atoms with E-state index in [4.69, 9.17) is 4.74 Å². The molecule has 0 atom stereocenters. The van der Waals surface area contributed by atoms with Crippen molar-refractivity contribution in [2.24, 2.45) is 5.10 Å². The van der Waals surface area contributed by atoms with Crippen molar-refractivity contribution in [2.45, 2.75) is 0 Å². The number of hydrazone groups is 1. The molecule has 114 valence electrons. The third-order valence-corrected chi connectivity index (χ3v) is 3.78. The lowest BCUT2D eigenvalue weighted by atomic mass is 10.2. The van der Waals surface area contributed by atoms with Gasteiger partial charge in [-0.15, -0.1) is 0 Å². The van der Waals surface area contributed by atoms with Crippen molar-refractivity contribution in [1.29, 1.82) is 0 Å². The van der Waals surface area contributed by atoms with Crippen LogP contribution in [0.25, 0.3) is 0 Å². The van der Waals surface area contributed by atoms with E-state index in [2.05, 4.69) is 49.0 Å². The summed E-state index contributed by atoms with van der Waals surface area (Å²) in [4.78, 5) is 11.6. The molecule has 0 saturated heterocycles. The third-order valence-electron chi connectivity index (χ3n) is 2.57. The lowest BCUT2D eigenvalue weighted by Crippen LogP contribution is -2.24. The van der Waals surface area contributed by atoms with Crippen molar-refractivity contribution >= 4 is 50.6 Å². The van der Waals surface area contributed by atoms with E-state index in [0.717, 1.165) is 8.04 Å². The van der Waals surface area contributed by atoms with Crippen LogP contribution in [0.3, 0.4) is 0 Å². The largest absolute Gasteiger partial charge is 0.507 e. The summed E-state index contributed by atoms with van der Waals surface area (Å²) in [6.07, 6.45) is 1.36. The van der Waals surface area contributed by atoms with Crippen LogP contribution < -0.4 is 10.2 Å². The van der Waals surface area contributed by atoms with E-state index in [0.29, 0.717) is 11.3 Å². The van der Waals surface area contributed by atoms with Crippen molar-refractivity contribution in [1.82, 2.24) is 5.43 Å². The number of amides is 1. The molecule has 0 aliphatic carbocycles. The molecule has 2 rings (SSSR count). The van der Waals surface area contributed by atoms with Gasteiger partial charge >= 0.3 is 0 Å². The van der Waals surface area contributed by atoms with Gasteiger partial charge in [-0.05, 0) is 65.1 Å². The van der Waals surface area contributed by atoms with E-state index in [1.807, 2.05) is 12.1 Å². The Kier molecular flexibility index (Phi) is 6.20. The fraction of sp³-hybridized carbons (Fsp3) is 0.0667. The summed E-state index contributed by atoms with van der Waals surface area (Å²) in [7, 11) is 0. The molecule has 0 aliphatic heterocycles. The van der Waals surface area contributed by atoms with Crippen LogP contribution in [0.15, 0.2) is 52.0 Å². The van der Waals surface area contributed by atoms with Crippen molar-refractivity contribution in [3.63, 3.8) is 0 Å². The predicted octanol–water partition coefficient (Wildman–Crippen LogP) is 3.29. The number of aromatic hydroxyl groups is 1. The highest BCUT2D eigenvalue weighted by atomic mass is 127. The summed E-state index contributed by atoms with van der Waals surface area (Å²) >= 11 is 5.48. The number of ether oxygens (including phenoxy) is 1. The lowest BCUT2D eigenvalue weighted by molar-refractivity contribution is -0.123. The fourth-order valence-electron chi connectivity index (χ4n) is 1.51. The van der Waals surface area contributed by atoms with Gasteiger partial charge in [0.2, 0.25) is 0 Å². The number of benzene rings is 2. The van der Waals surface area contributed by atoms with Crippen molar-refractivity contribution in [3.05, 3.63) is 56.1 Å². The Morgan fingerprint density at radius 1 is 1.32 bits per heavy atom. The number of carbonyl (C=O) groups excluding carboxylic acids is 1. The first-order chi connectivity index (χ1) is 10.5. The molecule has 2 aromatic carbocycles. The van der Waals surface area contributed by atoms with Crippen LogP contribution in [0.2, 0.25) is 0 Å². The molecule has 0 heterocycles. The van der Waals surface area contributed by atoms with Gasteiger partial charge in [0.15, 0.2) is 6.61 Å². The SMILES string of the molecule is O=C(COc1ccc(I)cc1)N/N=C/c1cc(Br)ccc1O. The number of rotatable bonds is 5. The molecule has 0 aliphatic rings. The Hall–Kier alpha value is -1.61. The van der Waals surface area contributed by atoms with Crippen LogP contribution >= 0.6 is 38.5 Å². The average Bonchev–Trinajstić information content (AvgIpc) is 2.50. The average molecular weight is 475 g/mol. The zero-order valence-electron chi connectivity index (χ0n) is 11.3. The maximum absolute atomic E-state index is 11.6. The second-order valence-electron chi connectivity index (χ2n) is 4.24. The number of nitrogens with zero attached hydrogens (tertiary/aromatic N) is 1. The molecular weight excluding hydrogens is 463 g/mol. The molecule has 0 fully saturated rings. The minimum atomic E-state index is -0.385. The Labute approximate surface area is 149 Å². The Morgan fingerprint density at radius 2 is 2.05 bits per heavy atom. The number of nitrogens with one attached hydrogen (secondary N) is 1. The second kappa shape index (κ2) is 8.14. The van der Waals surface area contributed by atoms with Gasteiger partial charge < -0.3 is 9.84 Å². The molecule has 5 nitrogen and oxygen atoms in total. The van der Waals surface area contributed by atoms with Gasteiger partial charge in [0, 0.05) is 13.6 Å². The van der Waals surface area contributed by atoms with E-state index >= 15 is 0 Å². The molecule has 0 bridgehead atoms. The molecule has 2 N–H and O–H groups in total. The minimum absolute atomic E-state index is 0.0799. The van der Waals surface area contributed by atoms with Gasteiger partial charge in [0.05, 0.1) is 6.21 Å². The van der Waals surface area contributed by atoms with E-state index in [9.17, 15) is 9.90 Å². The van der Waals surface area contributed by atoms with Crippen molar-refractivity contribution in [2.75, 3.05) is 6.61 Å². The van der Waals surface area contributed by atoms with Crippen LogP contribution in [-0.2, 0) is 4.79 Å². The quantitative estimate of drug-likeness (QED) is 0.397. The van der Waals surface area contributed by atoms with Crippen molar-refractivity contribution < 1.29 is 14.6 Å². The molecule has 7 heteroatoms. The van der Waals surface area contributed by atoms with Gasteiger partial charge in [-0.3, -0.25) is 4.79 Å². The highest BCUT2D eigenvalue weighted by Crippen LogP contribution is 2.19. The maximum Gasteiger partial charge on any atom is 0.277 e. The first-order valence-electron chi connectivity index (χ1n) is 6.23. The number of hydrogen-bond acceptors (Lipinski definition) is 4. The van der Waals surface area contributed by atoms with Gasteiger partial charge in [0.25, 0.3) is 5.91 Å². The lowest BCUT2D eigenvalue weighted by Gasteiger charge is -2.05. The maximum atomic E-state index is 11.6. The smallest absolute Gasteiger partial charge is 0.277 e. The molecular formula is C15H12BrIN2O3. The minimum Gasteiger partial charge on any atom is -0.507 e. The molecule has 22 heavy (non-hydrogen) atoms. The van der Waals surface area contributed by atoms with E-state index in [1.54, 1.807) is 24.3 Å². The number of hydrogen-bond donors (Lipinski definition) is 2. The van der Waals surface area contributed by atoms with E-state index in [1.165, 1.54) is 12.3 Å². The summed E-state index contributed by atoms with van der Waals surface area (Å²) in [5.41, 5.74) is 2.83.